The maximum absolute atomic E-state index is 12.2. The summed E-state index contributed by atoms with van der Waals surface area (Å²) in [5.74, 6) is 0.954. The minimum atomic E-state index is 0.150. The first kappa shape index (κ1) is 13.8. The van der Waals surface area contributed by atoms with Crippen LogP contribution in [0.15, 0.2) is 18.3 Å². The molecular formula is C15H23N3O. The third-order valence-corrected chi connectivity index (χ3v) is 4.11. The van der Waals surface area contributed by atoms with Crippen LogP contribution in [0.2, 0.25) is 0 Å². The lowest BCUT2D eigenvalue weighted by molar-refractivity contribution is -0.132. The van der Waals surface area contributed by atoms with E-state index in [1.807, 2.05) is 18.0 Å². The monoisotopic (exact) mass is 261 g/mol. The Labute approximate surface area is 115 Å². The molecule has 0 radical (unpaired) electrons. The van der Waals surface area contributed by atoms with E-state index < -0.39 is 0 Å². The Hall–Kier alpha value is -1.58. The third kappa shape index (κ3) is 3.69. The van der Waals surface area contributed by atoms with Crippen molar-refractivity contribution in [2.75, 3.05) is 12.8 Å². The van der Waals surface area contributed by atoms with Gasteiger partial charge < -0.3 is 10.6 Å². The maximum Gasteiger partial charge on any atom is 0.228 e. The molecule has 1 amide bonds. The Balaban J connectivity index is 1.90. The highest BCUT2D eigenvalue weighted by atomic mass is 16.2. The number of amides is 1. The van der Waals surface area contributed by atoms with Crippen LogP contribution in [0.4, 0.5) is 5.69 Å². The number of hydrogen-bond donors (Lipinski definition) is 1. The summed E-state index contributed by atoms with van der Waals surface area (Å²) in [4.78, 5) is 18.3. The second kappa shape index (κ2) is 6.04. The molecule has 0 atom stereocenters. The summed E-state index contributed by atoms with van der Waals surface area (Å²) in [5, 5.41) is 0. The number of pyridine rings is 1. The van der Waals surface area contributed by atoms with E-state index >= 15 is 0 Å². The van der Waals surface area contributed by atoms with Crippen LogP contribution in [-0.4, -0.2) is 28.9 Å². The molecule has 1 heterocycles. The van der Waals surface area contributed by atoms with Gasteiger partial charge in [0.25, 0.3) is 0 Å². The Morgan fingerprint density at radius 1 is 1.37 bits per heavy atom. The zero-order chi connectivity index (χ0) is 13.8. The van der Waals surface area contributed by atoms with E-state index in [-0.39, 0.29) is 5.91 Å². The van der Waals surface area contributed by atoms with Gasteiger partial charge in [0.15, 0.2) is 0 Å². The molecule has 1 fully saturated rings. The van der Waals surface area contributed by atoms with Crippen molar-refractivity contribution in [1.82, 2.24) is 9.88 Å². The molecule has 1 aromatic heterocycles. The number of carbonyl (C=O) groups excluding carboxylic acids is 1. The Morgan fingerprint density at radius 3 is 2.63 bits per heavy atom. The first-order valence-corrected chi connectivity index (χ1v) is 7.02. The molecule has 0 aliphatic heterocycles. The Bertz CT molecular complexity index is 422. The fourth-order valence-electron chi connectivity index (χ4n) is 2.65. The van der Waals surface area contributed by atoms with E-state index in [4.69, 9.17) is 5.73 Å². The number of nitrogens with zero attached hydrogens (tertiary/aromatic N) is 2. The van der Waals surface area contributed by atoms with Crippen molar-refractivity contribution in [3.05, 3.63) is 24.0 Å². The lowest BCUT2D eigenvalue weighted by atomic mass is 9.86. The van der Waals surface area contributed by atoms with Gasteiger partial charge in [-0.2, -0.15) is 0 Å². The number of nitrogens with two attached hydrogens (primary N) is 1. The maximum atomic E-state index is 12.2. The van der Waals surface area contributed by atoms with Gasteiger partial charge in [0, 0.05) is 18.8 Å². The average molecular weight is 261 g/mol. The first-order valence-electron chi connectivity index (χ1n) is 7.02. The molecular weight excluding hydrogens is 238 g/mol. The molecule has 1 aromatic rings. The van der Waals surface area contributed by atoms with Crippen LogP contribution in [0.1, 0.15) is 38.3 Å². The standard InChI is InChI=1S/C15H23N3O/c1-11-3-7-14(8-4-11)18(2)15(19)9-13-6-5-12(16)10-17-13/h5-6,10-11,14H,3-4,7-9,16H2,1-2H3. The molecule has 0 bridgehead atoms. The quantitative estimate of drug-likeness (QED) is 0.907. The highest BCUT2D eigenvalue weighted by molar-refractivity contribution is 5.78. The van der Waals surface area contributed by atoms with Gasteiger partial charge in [-0.1, -0.05) is 6.92 Å². The summed E-state index contributed by atoms with van der Waals surface area (Å²) >= 11 is 0. The van der Waals surface area contributed by atoms with Gasteiger partial charge in [-0.25, -0.2) is 0 Å². The highest BCUT2D eigenvalue weighted by Crippen LogP contribution is 2.26. The van der Waals surface area contributed by atoms with E-state index in [2.05, 4.69) is 11.9 Å². The zero-order valence-electron chi connectivity index (χ0n) is 11.8. The number of carbonyl (C=O) groups is 1. The SMILES string of the molecule is CC1CCC(N(C)C(=O)Cc2ccc(N)cn2)CC1. The largest absolute Gasteiger partial charge is 0.397 e. The second-order valence-corrected chi connectivity index (χ2v) is 5.68. The van der Waals surface area contributed by atoms with Crippen molar-refractivity contribution in [1.29, 1.82) is 0 Å². The Morgan fingerprint density at radius 2 is 2.05 bits per heavy atom. The van der Waals surface area contributed by atoms with Crippen LogP contribution in [0.3, 0.4) is 0 Å². The molecule has 1 aliphatic carbocycles. The van der Waals surface area contributed by atoms with E-state index in [1.165, 1.54) is 12.8 Å². The third-order valence-electron chi connectivity index (χ3n) is 4.11. The van der Waals surface area contributed by atoms with Crippen LogP contribution in [0.5, 0.6) is 0 Å². The van der Waals surface area contributed by atoms with Crippen LogP contribution in [0, 0.1) is 5.92 Å². The molecule has 1 aliphatic rings. The number of aromatic nitrogens is 1. The van der Waals surface area contributed by atoms with Gasteiger partial charge >= 0.3 is 0 Å². The van der Waals surface area contributed by atoms with Gasteiger partial charge in [-0.15, -0.1) is 0 Å². The predicted molar refractivity (Wildman–Crippen MR) is 76.5 cm³/mol. The second-order valence-electron chi connectivity index (χ2n) is 5.68. The fourth-order valence-corrected chi connectivity index (χ4v) is 2.65. The molecule has 4 heteroatoms. The molecule has 2 N–H and O–H groups in total. The molecule has 1 saturated carbocycles. The highest BCUT2D eigenvalue weighted by Gasteiger charge is 2.24. The molecule has 0 aromatic carbocycles. The van der Waals surface area contributed by atoms with Gasteiger partial charge in [-0.05, 0) is 43.7 Å². The van der Waals surface area contributed by atoms with Crippen molar-refractivity contribution in [3.8, 4) is 0 Å². The van der Waals surface area contributed by atoms with Crippen LogP contribution in [-0.2, 0) is 11.2 Å². The molecule has 0 unspecified atom stereocenters. The predicted octanol–water partition coefficient (Wildman–Crippen LogP) is 2.24. The summed E-state index contributed by atoms with van der Waals surface area (Å²) in [6.07, 6.45) is 6.66. The van der Waals surface area contributed by atoms with Gasteiger partial charge in [0.1, 0.15) is 0 Å². The number of hydrogen-bond acceptors (Lipinski definition) is 3. The summed E-state index contributed by atoms with van der Waals surface area (Å²) in [6.45, 7) is 2.29. The average Bonchev–Trinajstić information content (AvgIpc) is 2.41. The topological polar surface area (TPSA) is 59.2 Å². The van der Waals surface area contributed by atoms with Gasteiger partial charge in [0.2, 0.25) is 5.91 Å². The molecule has 4 nitrogen and oxygen atoms in total. The smallest absolute Gasteiger partial charge is 0.228 e. The minimum Gasteiger partial charge on any atom is -0.397 e. The van der Waals surface area contributed by atoms with Crippen molar-refractivity contribution in [2.24, 2.45) is 5.92 Å². The van der Waals surface area contributed by atoms with Crippen molar-refractivity contribution < 1.29 is 4.79 Å². The van der Waals surface area contributed by atoms with Crippen molar-refractivity contribution in [2.45, 2.75) is 45.1 Å². The summed E-state index contributed by atoms with van der Waals surface area (Å²) in [6, 6.07) is 4.01. The van der Waals surface area contributed by atoms with E-state index in [9.17, 15) is 4.79 Å². The normalized spacial score (nSPS) is 23.1. The molecule has 104 valence electrons. The number of rotatable bonds is 3. The van der Waals surface area contributed by atoms with Crippen molar-refractivity contribution in [3.63, 3.8) is 0 Å². The Kier molecular flexibility index (Phi) is 4.40. The molecule has 0 saturated heterocycles. The van der Waals surface area contributed by atoms with Crippen LogP contribution >= 0.6 is 0 Å². The van der Waals surface area contributed by atoms with Gasteiger partial charge in [-0.3, -0.25) is 9.78 Å². The summed E-state index contributed by atoms with van der Waals surface area (Å²) in [5.41, 5.74) is 7.01. The van der Waals surface area contributed by atoms with E-state index in [0.29, 0.717) is 18.2 Å². The number of likely N-dealkylation sites (N-methyl/N-ethyl adjacent to an activating group) is 1. The first-order chi connectivity index (χ1) is 9.06. The summed E-state index contributed by atoms with van der Waals surface area (Å²) < 4.78 is 0. The molecule has 19 heavy (non-hydrogen) atoms. The minimum absolute atomic E-state index is 0.150. The fraction of sp³-hybridized carbons (Fsp3) is 0.600. The van der Waals surface area contributed by atoms with E-state index in [1.54, 1.807) is 12.3 Å². The number of anilines is 1. The lowest BCUT2D eigenvalue weighted by Crippen LogP contribution is -2.40. The molecule has 2 rings (SSSR count). The van der Waals surface area contributed by atoms with Crippen molar-refractivity contribution >= 4 is 11.6 Å². The van der Waals surface area contributed by atoms with E-state index in [0.717, 1.165) is 24.5 Å². The summed E-state index contributed by atoms with van der Waals surface area (Å²) in [7, 11) is 1.92. The van der Waals surface area contributed by atoms with Crippen LogP contribution in [0.25, 0.3) is 0 Å². The van der Waals surface area contributed by atoms with Crippen LogP contribution < -0.4 is 5.73 Å². The lowest BCUT2D eigenvalue weighted by Gasteiger charge is -2.33. The number of nitrogen functional groups attached to an aromatic ring is 1. The zero-order valence-corrected chi connectivity index (χ0v) is 11.8. The van der Waals surface area contributed by atoms with Gasteiger partial charge in [0.05, 0.1) is 18.3 Å². The molecule has 0 spiro atoms.